The van der Waals surface area contributed by atoms with Crippen molar-refractivity contribution in [1.82, 2.24) is 5.01 Å². The minimum atomic E-state index is -0.0351. The number of hydrogen-bond acceptors (Lipinski definition) is 5. The lowest BCUT2D eigenvalue weighted by Crippen LogP contribution is -2.32. The number of aliphatic imine (C=N–C) groups is 1. The number of allylic oxidation sites excluding steroid dienone is 1. The van der Waals surface area contributed by atoms with Crippen molar-refractivity contribution in [3.05, 3.63) is 42.0 Å². The van der Waals surface area contributed by atoms with Crippen LogP contribution < -0.4 is 4.74 Å². The maximum atomic E-state index is 10.8. The summed E-state index contributed by atoms with van der Waals surface area (Å²) >= 11 is 0. The van der Waals surface area contributed by atoms with Gasteiger partial charge >= 0.3 is 0 Å². The molecule has 0 N–H and O–H groups in total. The zero-order valence-electron chi connectivity index (χ0n) is 11.8. The maximum Gasteiger partial charge on any atom is 0.148 e. The van der Waals surface area contributed by atoms with Gasteiger partial charge in [-0.15, -0.1) is 0 Å². The second kappa shape index (κ2) is 5.91. The summed E-state index contributed by atoms with van der Waals surface area (Å²) in [5.74, 6) is 0.945. The molecule has 2 aliphatic rings. The van der Waals surface area contributed by atoms with Crippen molar-refractivity contribution in [2.75, 3.05) is 7.11 Å². The Morgan fingerprint density at radius 2 is 2.14 bits per heavy atom. The largest absolute Gasteiger partial charge is 0.497 e. The third-order valence-electron chi connectivity index (χ3n) is 3.71. The summed E-state index contributed by atoms with van der Waals surface area (Å²) < 4.78 is 5.16. The van der Waals surface area contributed by atoms with E-state index in [1.54, 1.807) is 13.3 Å². The minimum absolute atomic E-state index is 0.0351. The summed E-state index contributed by atoms with van der Waals surface area (Å²) in [6.07, 6.45) is 7.00. The highest BCUT2D eigenvalue weighted by molar-refractivity contribution is 5.99. The van der Waals surface area contributed by atoms with Crippen LogP contribution in [-0.4, -0.2) is 36.5 Å². The standard InChI is InChI=1S/C16H17N3O2/c1-21-13-6-4-12(5-7-13)11-19-16-14(3-2-9-17-16)15(18-19)8-10-20/h2-7,9-10,14,16H,8,11H2,1H3. The second-order valence-corrected chi connectivity index (χ2v) is 5.03. The summed E-state index contributed by atoms with van der Waals surface area (Å²) in [4.78, 5) is 15.3. The number of aldehydes is 1. The van der Waals surface area contributed by atoms with Gasteiger partial charge in [0.1, 0.15) is 18.2 Å². The molecule has 0 saturated heterocycles. The Kier molecular flexibility index (Phi) is 3.81. The SMILES string of the molecule is COc1ccc(CN2N=C(CC=O)C3C=CC=NC32)cc1. The Morgan fingerprint density at radius 3 is 2.86 bits per heavy atom. The zero-order chi connectivity index (χ0) is 14.7. The van der Waals surface area contributed by atoms with Gasteiger partial charge in [0.05, 0.1) is 25.3 Å². The number of carbonyl (C=O) groups is 1. The van der Waals surface area contributed by atoms with E-state index < -0.39 is 0 Å². The molecular formula is C16H17N3O2. The number of rotatable bonds is 5. The van der Waals surface area contributed by atoms with Crippen molar-refractivity contribution >= 4 is 18.2 Å². The van der Waals surface area contributed by atoms with Gasteiger partial charge < -0.3 is 9.53 Å². The van der Waals surface area contributed by atoms with Crippen LogP contribution in [0, 0.1) is 5.92 Å². The van der Waals surface area contributed by atoms with Gasteiger partial charge in [0.25, 0.3) is 0 Å². The molecule has 0 amide bonds. The van der Waals surface area contributed by atoms with E-state index in [4.69, 9.17) is 4.74 Å². The summed E-state index contributed by atoms with van der Waals surface area (Å²) in [5.41, 5.74) is 2.02. The van der Waals surface area contributed by atoms with Crippen LogP contribution in [-0.2, 0) is 11.3 Å². The van der Waals surface area contributed by atoms with Crippen molar-refractivity contribution in [1.29, 1.82) is 0 Å². The number of nitrogens with zero attached hydrogens (tertiary/aromatic N) is 3. The molecule has 0 aliphatic carbocycles. The van der Waals surface area contributed by atoms with Crippen LogP contribution in [0.1, 0.15) is 12.0 Å². The first-order valence-electron chi connectivity index (χ1n) is 6.92. The van der Waals surface area contributed by atoms with E-state index in [9.17, 15) is 4.79 Å². The molecule has 108 valence electrons. The fourth-order valence-electron chi connectivity index (χ4n) is 2.64. The molecule has 1 aromatic rings. The highest BCUT2D eigenvalue weighted by Crippen LogP contribution is 2.29. The van der Waals surface area contributed by atoms with E-state index in [2.05, 4.69) is 16.2 Å². The van der Waals surface area contributed by atoms with Gasteiger partial charge in [0.15, 0.2) is 0 Å². The maximum absolute atomic E-state index is 10.8. The van der Waals surface area contributed by atoms with Crippen molar-refractivity contribution in [3.63, 3.8) is 0 Å². The van der Waals surface area contributed by atoms with Gasteiger partial charge in [-0.05, 0) is 23.8 Å². The molecule has 0 saturated carbocycles. The number of fused-ring (bicyclic) bond motifs is 1. The van der Waals surface area contributed by atoms with Gasteiger partial charge in [0.2, 0.25) is 0 Å². The molecule has 5 heteroatoms. The molecule has 0 bridgehead atoms. The van der Waals surface area contributed by atoms with Gasteiger partial charge in [-0.2, -0.15) is 5.10 Å². The van der Waals surface area contributed by atoms with E-state index in [-0.39, 0.29) is 12.1 Å². The van der Waals surface area contributed by atoms with Crippen LogP contribution in [0.25, 0.3) is 0 Å². The molecule has 2 heterocycles. The molecule has 2 unspecified atom stereocenters. The number of carbonyl (C=O) groups excluding carboxylic acids is 1. The topological polar surface area (TPSA) is 54.3 Å². The van der Waals surface area contributed by atoms with Gasteiger partial charge in [0, 0.05) is 12.6 Å². The summed E-state index contributed by atoms with van der Waals surface area (Å²) in [6, 6.07) is 7.90. The lowest BCUT2D eigenvalue weighted by molar-refractivity contribution is -0.106. The molecule has 5 nitrogen and oxygen atoms in total. The average molecular weight is 283 g/mol. The third kappa shape index (κ3) is 2.72. The first kappa shape index (κ1) is 13.5. The molecule has 2 atom stereocenters. The molecule has 3 rings (SSSR count). The minimum Gasteiger partial charge on any atom is -0.497 e. The highest BCUT2D eigenvalue weighted by Gasteiger charge is 2.35. The first-order chi connectivity index (χ1) is 10.3. The molecule has 21 heavy (non-hydrogen) atoms. The van der Waals surface area contributed by atoms with Crippen molar-refractivity contribution in [3.8, 4) is 5.75 Å². The normalized spacial score (nSPS) is 22.9. The van der Waals surface area contributed by atoms with Crippen LogP contribution in [0.2, 0.25) is 0 Å². The van der Waals surface area contributed by atoms with E-state index in [0.717, 1.165) is 23.3 Å². The number of dihydropyridines is 1. The smallest absolute Gasteiger partial charge is 0.148 e. The second-order valence-electron chi connectivity index (χ2n) is 5.03. The van der Waals surface area contributed by atoms with E-state index >= 15 is 0 Å². The van der Waals surface area contributed by atoms with Crippen molar-refractivity contribution < 1.29 is 9.53 Å². The molecule has 1 aromatic carbocycles. The highest BCUT2D eigenvalue weighted by atomic mass is 16.5. The Labute approximate surface area is 123 Å². The fourth-order valence-corrected chi connectivity index (χ4v) is 2.64. The third-order valence-corrected chi connectivity index (χ3v) is 3.71. The van der Waals surface area contributed by atoms with Crippen LogP contribution in [0.5, 0.6) is 5.75 Å². The Balaban J connectivity index is 1.78. The van der Waals surface area contributed by atoms with Crippen LogP contribution >= 0.6 is 0 Å². The first-order valence-corrected chi connectivity index (χ1v) is 6.92. The molecule has 0 radical (unpaired) electrons. The van der Waals surface area contributed by atoms with E-state index in [0.29, 0.717) is 13.0 Å². The van der Waals surface area contributed by atoms with E-state index in [1.165, 1.54) is 0 Å². The number of methoxy groups -OCH3 is 1. The molecular weight excluding hydrogens is 266 g/mol. The monoisotopic (exact) mass is 283 g/mol. The van der Waals surface area contributed by atoms with Crippen molar-refractivity contribution in [2.45, 2.75) is 19.1 Å². The summed E-state index contributed by atoms with van der Waals surface area (Å²) in [7, 11) is 1.65. The number of benzene rings is 1. The number of hydrazone groups is 1. The molecule has 0 aromatic heterocycles. The average Bonchev–Trinajstić information content (AvgIpc) is 2.87. The Morgan fingerprint density at radius 1 is 1.33 bits per heavy atom. The Bertz CT molecular complexity index is 604. The van der Waals surface area contributed by atoms with Gasteiger partial charge in [-0.25, -0.2) is 0 Å². The fraction of sp³-hybridized carbons (Fsp3) is 0.312. The van der Waals surface area contributed by atoms with Gasteiger partial charge in [-0.1, -0.05) is 18.2 Å². The van der Waals surface area contributed by atoms with Gasteiger partial charge in [-0.3, -0.25) is 10.0 Å². The predicted octanol–water partition coefficient (Wildman–Crippen LogP) is 2.04. The van der Waals surface area contributed by atoms with Crippen molar-refractivity contribution in [2.24, 2.45) is 16.0 Å². The molecule has 0 spiro atoms. The summed E-state index contributed by atoms with van der Waals surface area (Å²) in [5, 5.41) is 6.53. The Hall–Kier alpha value is -2.43. The lowest BCUT2D eigenvalue weighted by Gasteiger charge is -2.24. The number of ether oxygens (including phenoxy) is 1. The van der Waals surface area contributed by atoms with E-state index in [1.807, 2.05) is 35.4 Å². The quantitative estimate of drug-likeness (QED) is 0.777. The lowest BCUT2D eigenvalue weighted by atomic mass is 9.97. The zero-order valence-corrected chi connectivity index (χ0v) is 11.8. The summed E-state index contributed by atoms with van der Waals surface area (Å²) in [6.45, 7) is 0.665. The predicted molar refractivity (Wildman–Crippen MR) is 81.6 cm³/mol. The van der Waals surface area contributed by atoms with Crippen LogP contribution in [0.4, 0.5) is 0 Å². The molecule has 0 fully saturated rings. The number of hydrogen-bond donors (Lipinski definition) is 0. The van der Waals surface area contributed by atoms with Crippen LogP contribution in [0.15, 0.2) is 46.5 Å². The van der Waals surface area contributed by atoms with Crippen LogP contribution in [0.3, 0.4) is 0 Å². The molecule has 2 aliphatic heterocycles.